The molecule has 0 aliphatic carbocycles. The molecule has 1 unspecified atom stereocenters. The van der Waals surface area contributed by atoms with E-state index in [0.29, 0.717) is 10.8 Å². The molecular formula is C13H19N3O2S3. The second-order valence-electron chi connectivity index (χ2n) is 4.83. The first-order valence-electron chi connectivity index (χ1n) is 6.51. The van der Waals surface area contributed by atoms with Crippen LogP contribution in [0.15, 0.2) is 15.7 Å². The molecule has 0 bridgehead atoms. The van der Waals surface area contributed by atoms with Crippen molar-refractivity contribution >= 4 is 32.7 Å². The van der Waals surface area contributed by atoms with E-state index in [1.54, 1.807) is 6.07 Å². The van der Waals surface area contributed by atoms with Crippen molar-refractivity contribution < 1.29 is 8.42 Å². The minimum Gasteiger partial charge on any atom is -0.316 e. The van der Waals surface area contributed by atoms with Gasteiger partial charge in [-0.2, -0.15) is 0 Å². The van der Waals surface area contributed by atoms with Crippen molar-refractivity contribution in [2.24, 2.45) is 0 Å². The number of nitrogens with one attached hydrogen (secondary N) is 2. The number of nitrogens with zero attached hydrogens (tertiary/aromatic N) is 1. The summed E-state index contributed by atoms with van der Waals surface area (Å²) in [7, 11) is -1.66. The van der Waals surface area contributed by atoms with Crippen molar-refractivity contribution in [3.05, 3.63) is 32.6 Å². The van der Waals surface area contributed by atoms with E-state index < -0.39 is 10.0 Å². The molecule has 0 aliphatic rings. The van der Waals surface area contributed by atoms with Crippen LogP contribution in [-0.4, -0.2) is 20.4 Å². The molecule has 2 aromatic heterocycles. The lowest BCUT2D eigenvalue weighted by Crippen LogP contribution is -2.26. The molecule has 0 saturated heterocycles. The van der Waals surface area contributed by atoms with Crippen molar-refractivity contribution in [2.45, 2.75) is 37.6 Å². The SMILES string of the molecule is CNCc1csc(S(=O)(=O)NC(C)c2sc(C)nc2C)c1. The van der Waals surface area contributed by atoms with Gasteiger partial charge in [-0.15, -0.1) is 22.7 Å². The molecule has 8 heteroatoms. The maximum absolute atomic E-state index is 12.4. The highest BCUT2D eigenvalue weighted by Crippen LogP contribution is 2.27. The van der Waals surface area contributed by atoms with Crippen molar-refractivity contribution in [3.63, 3.8) is 0 Å². The van der Waals surface area contributed by atoms with Gasteiger partial charge in [0.25, 0.3) is 10.0 Å². The largest absolute Gasteiger partial charge is 0.316 e. The van der Waals surface area contributed by atoms with E-state index in [4.69, 9.17) is 0 Å². The molecule has 2 heterocycles. The Labute approximate surface area is 133 Å². The van der Waals surface area contributed by atoms with Crippen LogP contribution in [0.3, 0.4) is 0 Å². The number of aryl methyl sites for hydroxylation is 2. The number of aromatic nitrogens is 1. The third-order valence-electron chi connectivity index (χ3n) is 2.94. The van der Waals surface area contributed by atoms with Crippen LogP contribution in [0, 0.1) is 13.8 Å². The van der Waals surface area contributed by atoms with E-state index in [1.165, 1.54) is 22.7 Å². The predicted octanol–water partition coefficient (Wildman–Crippen LogP) is 2.58. The standard InChI is InChI=1S/C13H19N3O2S3/c1-8-13(20-10(3)15-8)9(2)16-21(17,18)12-5-11(6-14-4)7-19-12/h5,7,9,14,16H,6H2,1-4H3. The summed E-state index contributed by atoms with van der Waals surface area (Å²) in [6, 6.07) is 1.43. The highest BCUT2D eigenvalue weighted by atomic mass is 32.2. The van der Waals surface area contributed by atoms with Gasteiger partial charge in [0.2, 0.25) is 0 Å². The third kappa shape index (κ3) is 3.89. The normalized spacial score (nSPS) is 13.5. The van der Waals surface area contributed by atoms with Crippen LogP contribution in [0.1, 0.15) is 34.1 Å². The quantitative estimate of drug-likeness (QED) is 0.844. The maximum atomic E-state index is 12.4. The summed E-state index contributed by atoms with van der Waals surface area (Å²) in [5.41, 5.74) is 1.86. The zero-order valence-electron chi connectivity index (χ0n) is 12.4. The Hall–Kier alpha value is -0.800. The second-order valence-corrected chi connectivity index (χ2v) is 8.92. The molecule has 5 nitrogen and oxygen atoms in total. The molecule has 0 amide bonds. The third-order valence-corrected chi connectivity index (χ3v) is 7.22. The molecule has 0 fully saturated rings. The molecule has 2 N–H and O–H groups in total. The first kappa shape index (κ1) is 16.6. The number of hydrogen-bond donors (Lipinski definition) is 2. The summed E-state index contributed by atoms with van der Waals surface area (Å²) >= 11 is 2.77. The molecule has 0 aliphatic heterocycles. The lowest BCUT2D eigenvalue weighted by molar-refractivity contribution is 0.570. The number of thiophene rings is 1. The molecule has 21 heavy (non-hydrogen) atoms. The lowest BCUT2D eigenvalue weighted by atomic mass is 10.2. The Morgan fingerprint density at radius 2 is 2.10 bits per heavy atom. The van der Waals surface area contributed by atoms with Crippen LogP contribution in [0.5, 0.6) is 0 Å². The first-order chi connectivity index (χ1) is 9.83. The van der Waals surface area contributed by atoms with Crippen LogP contribution < -0.4 is 10.0 Å². The van der Waals surface area contributed by atoms with Gasteiger partial charge in [-0.25, -0.2) is 18.1 Å². The van der Waals surface area contributed by atoms with Gasteiger partial charge in [-0.05, 0) is 44.8 Å². The van der Waals surface area contributed by atoms with Crippen LogP contribution in [0.4, 0.5) is 0 Å². The van der Waals surface area contributed by atoms with E-state index in [2.05, 4.69) is 15.0 Å². The zero-order chi connectivity index (χ0) is 15.6. The van der Waals surface area contributed by atoms with Crippen molar-refractivity contribution in [3.8, 4) is 0 Å². The fraction of sp³-hybridized carbons (Fsp3) is 0.462. The average molecular weight is 346 g/mol. The number of thiazole rings is 1. The van der Waals surface area contributed by atoms with Crippen LogP contribution >= 0.6 is 22.7 Å². The summed E-state index contributed by atoms with van der Waals surface area (Å²) in [5, 5.41) is 5.81. The average Bonchev–Trinajstić information content (AvgIpc) is 2.96. The number of sulfonamides is 1. The van der Waals surface area contributed by atoms with E-state index in [0.717, 1.165) is 21.1 Å². The molecule has 0 aromatic carbocycles. The Morgan fingerprint density at radius 1 is 1.38 bits per heavy atom. The van der Waals surface area contributed by atoms with Gasteiger partial charge < -0.3 is 5.32 Å². The Bertz CT molecular complexity index is 719. The Morgan fingerprint density at radius 3 is 2.67 bits per heavy atom. The minimum atomic E-state index is -3.49. The molecule has 0 radical (unpaired) electrons. The lowest BCUT2D eigenvalue weighted by Gasteiger charge is -2.12. The topological polar surface area (TPSA) is 71.1 Å². The fourth-order valence-electron chi connectivity index (χ4n) is 2.08. The monoisotopic (exact) mass is 345 g/mol. The Kier molecular flexibility index (Phi) is 5.15. The second kappa shape index (κ2) is 6.53. The van der Waals surface area contributed by atoms with Crippen molar-refractivity contribution in [1.29, 1.82) is 0 Å². The molecule has 2 rings (SSSR count). The molecule has 116 valence electrons. The number of rotatable bonds is 6. The summed E-state index contributed by atoms with van der Waals surface area (Å²) in [6.45, 7) is 6.33. The smallest absolute Gasteiger partial charge is 0.250 e. The molecular weight excluding hydrogens is 326 g/mol. The van der Waals surface area contributed by atoms with Gasteiger partial charge in [-0.3, -0.25) is 0 Å². The van der Waals surface area contributed by atoms with Crippen molar-refractivity contribution in [1.82, 2.24) is 15.0 Å². The van der Waals surface area contributed by atoms with Gasteiger partial charge in [0, 0.05) is 11.4 Å². The molecule has 2 aromatic rings. The van der Waals surface area contributed by atoms with Crippen LogP contribution in [0.2, 0.25) is 0 Å². The van der Waals surface area contributed by atoms with E-state index in [1.807, 2.05) is 33.2 Å². The summed E-state index contributed by atoms with van der Waals surface area (Å²) in [5.74, 6) is 0. The summed E-state index contributed by atoms with van der Waals surface area (Å²) < 4.78 is 27.9. The highest BCUT2D eigenvalue weighted by Gasteiger charge is 2.22. The van der Waals surface area contributed by atoms with Gasteiger partial charge in [0.1, 0.15) is 4.21 Å². The molecule has 1 atom stereocenters. The summed E-state index contributed by atoms with van der Waals surface area (Å²) in [4.78, 5) is 5.30. The number of hydrogen-bond acceptors (Lipinski definition) is 6. The zero-order valence-corrected chi connectivity index (χ0v) is 14.9. The van der Waals surface area contributed by atoms with Crippen molar-refractivity contribution in [2.75, 3.05) is 7.05 Å². The van der Waals surface area contributed by atoms with E-state index in [9.17, 15) is 8.42 Å². The van der Waals surface area contributed by atoms with Gasteiger partial charge in [-0.1, -0.05) is 0 Å². The maximum Gasteiger partial charge on any atom is 0.250 e. The van der Waals surface area contributed by atoms with Gasteiger partial charge in [0.15, 0.2) is 0 Å². The van der Waals surface area contributed by atoms with Gasteiger partial charge >= 0.3 is 0 Å². The predicted molar refractivity (Wildman–Crippen MR) is 87.4 cm³/mol. The highest BCUT2D eigenvalue weighted by molar-refractivity contribution is 7.91. The van der Waals surface area contributed by atoms with E-state index >= 15 is 0 Å². The molecule has 0 spiro atoms. The fourth-order valence-corrected chi connectivity index (χ4v) is 5.53. The summed E-state index contributed by atoms with van der Waals surface area (Å²) in [6.07, 6.45) is 0. The minimum absolute atomic E-state index is 0.281. The Balaban J connectivity index is 2.18. The van der Waals surface area contributed by atoms with Gasteiger partial charge in [0.05, 0.1) is 16.7 Å². The van der Waals surface area contributed by atoms with Crippen LogP contribution in [0.25, 0.3) is 0 Å². The van der Waals surface area contributed by atoms with E-state index in [-0.39, 0.29) is 6.04 Å². The van der Waals surface area contributed by atoms with Crippen LogP contribution in [-0.2, 0) is 16.6 Å². The first-order valence-corrected chi connectivity index (χ1v) is 9.69. The molecule has 0 saturated carbocycles.